The van der Waals surface area contributed by atoms with Gasteiger partial charge in [0.2, 0.25) is 5.78 Å². The summed E-state index contributed by atoms with van der Waals surface area (Å²) in [7, 11) is 0. The van der Waals surface area contributed by atoms with Crippen LogP contribution in [0.2, 0.25) is 0 Å². The van der Waals surface area contributed by atoms with E-state index in [-0.39, 0.29) is 17.0 Å². The molecule has 0 radical (unpaired) electrons. The van der Waals surface area contributed by atoms with Crippen LogP contribution in [-0.2, 0) is 4.74 Å². The summed E-state index contributed by atoms with van der Waals surface area (Å²) in [4.78, 5) is 34.7. The molecule has 6 heteroatoms. The normalized spacial score (nSPS) is 11.6. The lowest BCUT2D eigenvalue weighted by atomic mass is 10.1. The predicted octanol–water partition coefficient (Wildman–Crippen LogP) is 3.64. The molecule has 1 unspecified atom stereocenters. The largest absolute Gasteiger partial charge is 0.451 e. The van der Waals surface area contributed by atoms with Crippen molar-refractivity contribution in [2.45, 2.75) is 26.9 Å². The molecule has 124 valence electrons. The van der Waals surface area contributed by atoms with Crippen LogP contribution in [0.25, 0.3) is 0 Å². The molecular formula is C18H17NO5. The summed E-state index contributed by atoms with van der Waals surface area (Å²) in [5.41, 5.74) is 1.93. The van der Waals surface area contributed by atoms with E-state index in [1.165, 1.54) is 32.0 Å². The number of nitro groups is 1. The van der Waals surface area contributed by atoms with E-state index in [0.29, 0.717) is 11.1 Å². The highest BCUT2D eigenvalue weighted by molar-refractivity contribution is 6.01. The molecule has 2 aromatic rings. The Balaban J connectivity index is 2.11. The van der Waals surface area contributed by atoms with Crippen LogP contribution >= 0.6 is 0 Å². The molecular weight excluding hydrogens is 310 g/mol. The third-order valence-corrected chi connectivity index (χ3v) is 3.62. The number of ether oxygens (including phenoxy) is 1. The monoisotopic (exact) mass is 327 g/mol. The number of benzene rings is 2. The van der Waals surface area contributed by atoms with Gasteiger partial charge >= 0.3 is 5.97 Å². The first-order valence-electron chi connectivity index (χ1n) is 7.36. The first-order valence-corrected chi connectivity index (χ1v) is 7.36. The van der Waals surface area contributed by atoms with Crippen molar-refractivity contribution in [1.82, 2.24) is 0 Å². The summed E-state index contributed by atoms with van der Waals surface area (Å²) >= 11 is 0. The lowest BCUT2D eigenvalue weighted by Crippen LogP contribution is -2.24. The van der Waals surface area contributed by atoms with Crippen molar-refractivity contribution in [3.63, 3.8) is 0 Å². The zero-order valence-electron chi connectivity index (χ0n) is 13.6. The molecule has 2 rings (SSSR count). The molecule has 0 saturated heterocycles. The summed E-state index contributed by atoms with van der Waals surface area (Å²) in [6, 6.07) is 10.9. The highest BCUT2D eigenvalue weighted by Gasteiger charge is 2.21. The van der Waals surface area contributed by atoms with Crippen LogP contribution in [0.1, 0.15) is 38.8 Å². The number of carbonyl (C=O) groups is 2. The van der Waals surface area contributed by atoms with Crippen molar-refractivity contribution in [3.05, 3.63) is 74.8 Å². The van der Waals surface area contributed by atoms with Gasteiger partial charge in [-0.1, -0.05) is 29.8 Å². The van der Waals surface area contributed by atoms with E-state index < -0.39 is 17.0 Å². The Morgan fingerprint density at radius 1 is 1.04 bits per heavy atom. The highest BCUT2D eigenvalue weighted by Crippen LogP contribution is 2.20. The van der Waals surface area contributed by atoms with Crippen LogP contribution in [0.3, 0.4) is 0 Å². The van der Waals surface area contributed by atoms with Crippen molar-refractivity contribution in [2.24, 2.45) is 0 Å². The molecule has 0 aliphatic rings. The van der Waals surface area contributed by atoms with Gasteiger partial charge in [0.25, 0.3) is 5.69 Å². The van der Waals surface area contributed by atoms with E-state index >= 15 is 0 Å². The molecule has 0 fully saturated rings. The SMILES string of the molecule is Cc1ccc(C(=O)C(C)OC(=O)c2ccc([N+](=O)[O-])c(C)c2)cc1. The third kappa shape index (κ3) is 3.84. The molecule has 0 spiro atoms. The zero-order chi connectivity index (χ0) is 17.9. The quantitative estimate of drug-likeness (QED) is 0.362. The number of aryl methyl sites for hydroxylation is 2. The molecule has 0 saturated carbocycles. The number of rotatable bonds is 5. The van der Waals surface area contributed by atoms with Gasteiger partial charge in [0.15, 0.2) is 6.10 Å². The Kier molecular flexibility index (Phi) is 5.08. The topological polar surface area (TPSA) is 86.5 Å². The van der Waals surface area contributed by atoms with Crippen LogP contribution in [-0.4, -0.2) is 22.8 Å². The Bertz CT molecular complexity index is 796. The summed E-state index contributed by atoms with van der Waals surface area (Å²) < 4.78 is 5.18. The van der Waals surface area contributed by atoms with Gasteiger partial charge in [0.1, 0.15) is 0 Å². The Hall–Kier alpha value is -3.02. The second-order valence-corrected chi connectivity index (χ2v) is 5.54. The standard InChI is InChI=1S/C18H17NO5/c1-11-4-6-14(7-5-11)17(20)13(3)24-18(21)15-8-9-16(19(22)23)12(2)10-15/h4-10,13H,1-3H3. The minimum Gasteiger partial charge on any atom is -0.451 e. The van der Waals surface area contributed by atoms with Crippen LogP contribution < -0.4 is 0 Å². The average molecular weight is 327 g/mol. The lowest BCUT2D eigenvalue weighted by molar-refractivity contribution is -0.385. The van der Waals surface area contributed by atoms with E-state index in [1.54, 1.807) is 12.1 Å². The van der Waals surface area contributed by atoms with Gasteiger partial charge in [0, 0.05) is 17.2 Å². The minimum absolute atomic E-state index is 0.0738. The number of nitrogens with zero attached hydrogens (tertiary/aromatic N) is 1. The predicted molar refractivity (Wildman–Crippen MR) is 88.2 cm³/mol. The second-order valence-electron chi connectivity index (χ2n) is 5.54. The third-order valence-electron chi connectivity index (χ3n) is 3.62. The first-order chi connectivity index (χ1) is 11.3. The van der Waals surface area contributed by atoms with Crippen molar-refractivity contribution >= 4 is 17.4 Å². The van der Waals surface area contributed by atoms with E-state index in [1.807, 2.05) is 19.1 Å². The number of Topliss-reactive ketones (excluding diaryl/α,β-unsaturated/α-hetero) is 1. The maximum Gasteiger partial charge on any atom is 0.338 e. The van der Waals surface area contributed by atoms with E-state index in [2.05, 4.69) is 0 Å². The number of ketones is 1. The van der Waals surface area contributed by atoms with Crippen molar-refractivity contribution in [1.29, 1.82) is 0 Å². The molecule has 2 aromatic carbocycles. The summed E-state index contributed by atoms with van der Waals surface area (Å²) in [6.07, 6.45) is -0.948. The summed E-state index contributed by atoms with van der Waals surface area (Å²) in [5, 5.41) is 10.8. The van der Waals surface area contributed by atoms with Crippen LogP contribution in [0.5, 0.6) is 0 Å². The summed E-state index contributed by atoms with van der Waals surface area (Å²) in [6.45, 7) is 4.95. The second kappa shape index (κ2) is 7.04. The van der Waals surface area contributed by atoms with E-state index in [4.69, 9.17) is 4.74 Å². The zero-order valence-corrected chi connectivity index (χ0v) is 13.6. The molecule has 0 N–H and O–H groups in total. The van der Waals surface area contributed by atoms with Gasteiger partial charge in [-0.3, -0.25) is 14.9 Å². The van der Waals surface area contributed by atoms with Gasteiger partial charge in [0.05, 0.1) is 10.5 Å². The molecule has 1 atom stereocenters. The van der Waals surface area contributed by atoms with Crippen LogP contribution in [0.4, 0.5) is 5.69 Å². The summed E-state index contributed by atoms with van der Waals surface area (Å²) in [5.74, 6) is -0.997. The molecule has 0 aliphatic carbocycles. The number of nitro benzene ring substituents is 1. The number of esters is 1. The number of carbonyl (C=O) groups excluding carboxylic acids is 2. The molecule has 0 bridgehead atoms. The van der Waals surface area contributed by atoms with Gasteiger partial charge in [-0.25, -0.2) is 4.79 Å². The maximum atomic E-state index is 12.3. The smallest absolute Gasteiger partial charge is 0.338 e. The van der Waals surface area contributed by atoms with E-state index in [9.17, 15) is 19.7 Å². The fourth-order valence-electron chi connectivity index (χ4n) is 2.22. The van der Waals surface area contributed by atoms with Crippen molar-refractivity contribution in [2.75, 3.05) is 0 Å². The maximum absolute atomic E-state index is 12.3. The van der Waals surface area contributed by atoms with Gasteiger partial charge < -0.3 is 4.74 Å². The highest BCUT2D eigenvalue weighted by atomic mass is 16.6. The fraction of sp³-hybridized carbons (Fsp3) is 0.222. The molecule has 0 aromatic heterocycles. The lowest BCUT2D eigenvalue weighted by Gasteiger charge is -2.13. The van der Waals surface area contributed by atoms with Gasteiger partial charge in [-0.2, -0.15) is 0 Å². The Morgan fingerprint density at radius 2 is 1.62 bits per heavy atom. The minimum atomic E-state index is -0.948. The molecule has 6 nitrogen and oxygen atoms in total. The molecule has 0 aliphatic heterocycles. The first kappa shape index (κ1) is 17.3. The van der Waals surface area contributed by atoms with Crippen LogP contribution in [0, 0.1) is 24.0 Å². The van der Waals surface area contributed by atoms with Crippen LogP contribution in [0.15, 0.2) is 42.5 Å². The van der Waals surface area contributed by atoms with Crippen molar-refractivity contribution < 1.29 is 19.2 Å². The number of hydrogen-bond donors (Lipinski definition) is 0. The molecule has 24 heavy (non-hydrogen) atoms. The number of hydrogen-bond acceptors (Lipinski definition) is 5. The average Bonchev–Trinajstić information content (AvgIpc) is 2.54. The van der Waals surface area contributed by atoms with Crippen molar-refractivity contribution in [3.8, 4) is 0 Å². The Morgan fingerprint density at radius 3 is 2.17 bits per heavy atom. The van der Waals surface area contributed by atoms with E-state index in [0.717, 1.165) is 5.56 Å². The molecule has 0 heterocycles. The fourth-order valence-corrected chi connectivity index (χ4v) is 2.22. The van der Waals surface area contributed by atoms with Gasteiger partial charge in [-0.05, 0) is 32.9 Å². The molecule has 0 amide bonds. The van der Waals surface area contributed by atoms with Gasteiger partial charge in [-0.15, -0.1) is 0 Å². The Labute approximate surface area is 139 Å².